The van der Waals surface area contributed by atoms with Crippen molar-refractivity contribution in [3.05, 3.63) is 53.0 Å². The molecule has 0 saturated heterocycles. The maximum absolute atomic E-state index is 12.1. The van der Waals surface area contributed by atoms with E-state index < -0.39 is 0 Å². The summed E-state index contributed by atoms with van der Waals surface area (Å²) in [4.78, 5) is 28.0. The van der Waals surface area contributed by atoms with Crippen LogP contribution in [-0.4, -0.2) is 30.4 Å². The van der Waals surface area contributed by atoms with Crippen LogP contribution in [0.3, 0.4) is 0 Å². The van der Waals surface area contributed by atoms with E-state index in [-0.39, 0.29) is 18.4 Å². The Kier molecular flexibility index (Phi) is 4.95. The minimum atomic E-state index is -0.159. The molecule has 0 spiro atoms. The molecule has 0 atom stereocenters. The van der Waals surface area contributed by atoms with Crippen molar-refractivity contribution in [3.8, 4) is 0 Å². The average molecular weight is 354 g/mol. The first-order valence-corrected chi connectivity index (χ1v) is 8.60. The van der Waals surface area contributed by atoms with Crippen molar-refractivity contribution in [2.24, 2.45) is 0 Å². The zero-order chi connectivity index (χ0) is 17.8. The Balaban J connectivity index is 1.57. The summed E-state index contributed by atoms with van der Waals surface area (Å²) in [6, 6.07) is 12.6. The van der Waals surface area contributed by atoms with Crippen molar-refractivity contribution in [1.82, 2.24) is 10.3 Å². The molecule has 3 N–H and O–H groups in total. The van der Waals surface area contributed by atoms with Crippen LogP contribution in [0.25, 0.3) is 10.2 Å². The summed E-state index contributed by atoms with van der Waals surface area (Å²) in [5, 5.41) is 9.48. The Morgan fingerprint density at radius 2 is 1.80 bits per heavy atom. The molecule has 6 nitrogen and oxygen atoms in total. The number of thiazole rings is 1. The molecule has 2 aromatic carbocycles. The molecule has 3 rings (SSSR count). The van der Waals surface area contributed by atoms with Crippen molar-refractivity contribution in [3.63, 3.8) is 0 Å². The molecule has 1 aromatic heterocycles. The predicted octanol–water partition coefficient (Wildman–Crippen LogP) is 3.01. The van der Waals surface area contributed by atoms with Crippen LogP contribution in [-0.2, 0) is 4.79 Å². The SMILES string of the molecule is CNC(=O)c1ccc(NC(=O)CNc2ccc3nc(C)sc3c2)cc1. The van der Waals surface area contributed by atoms with Crippen molar-refractivity contribution in [2.45, 2.75) is 6.92 Å². The smallest absolute Gasteiger partial charge is 0.251 e. The minimum absolute atomic E-state index is 0.153. The Labute approximate surface area is 149 Å². The highest BCUT2D eigenvalue weighted by molar-refractivity contribution is 7.18. The molecule has 0 unspecified atom stereocenters. The second-order valence-corrected chi connectivity index (χ2v) is 6.71. The number of hydrogen-bond acceptors (Lipinski definition) is 5. The van der Waals surface area contributed by atoms with Gasteiger partial charge in [-0.05, 0) is 49.4 Å². The Morgan fingerprint density at radius 3 is 2.52 bits per heavy atom. The average Bonchev–Trinajstić information content (AvgIpc) is 2.99. The second kappa shape index (κ2) is 7.31. The molecular formula is C18H18N4O2S. The fourth-order valence-corrected chi connectivity index (χ4v) is 3.25. The van der Waals surface area contributed by atoms with E-state index in [0.717, 1.165) is 20.9 Å². The number of aryl methyl sites for hydroxylation is 1. The van der Waals surface area contributed by atoms with E-state index in [4.69, 9.17) is 0 Å². The summed E-state index contributed by atoms with van der Waals surface area (Å²) >= 11 is 1.62. The Bertz CT molecular complexity index is 918. The molecule has 0 bridgehead atoms. The fourth-order valence-electron chi connectivity index (χ4n) is 2.39. The molecule has 1 heterocycles. The van der Waals surface area contributed by atoms with Gasteiger partial charge in [0.15, 0.2) is 0 Å². The maximum Gasteiger partial charge on any atom is 0.251 e. The van der Waals surface area contributed by atoms with Gasteiger partial charge in [0.25, 0.3) is 5.91 Å². The van der Waals surface area contributed by atoms with Crippen molar-refractivity contribution in [2.75, 3.05) is 24.2 Å². The van der Waals surface area contributed by atoms with Gasteiger partial charge < -0.3 is 16.0 Å². The lowest BCUT2D eigenvalue weighted by Gasteiger charge is -2.08. The molecule has 0 fully saturated rings. The van der Waals surface area contributed by atoms with E-state index in [1.807, 2.05) is 25.1 Å². The second-order valence-electron chi connectivity index (χ2n) is 5.47. The molecule has 0 aliphatic carbocycles. The van der Waals surface area contributed by atoms with Gasteiger partial charge in [0.1, 0.15) is 0 Å². The highest BCUT2D eigenvalue weighted by Crippen LogP contribution is 2.24. The zero-order valence-corrected chi connectivity index (χ0v) is 14.7. The number of anilines is 2. The molecule has 128 valence electrons. The van der Waals surface area contributed by atoms with Gasteiger partial charge in [-0.1, -0.05) is 0 Å². The Hall–Kier alpha value is -2.93. The molecule has 25 heavy (non-hydrogen) atoms. The summed E-state index contributed by atoms with van der Waals surface area (Å²) in [6.45, 7) is 2.13. The standard InChI is InChI=1S/C18H18N4O2S/c1-11-21-15-8-7-14(9-16(15)25-11)20-10-17(23)22-13-5-3-12(4-6-13)18(24)19-2/h3-9,20H,10H2,1-2H3,(H,19,24)(H,22,23). The summed E-state index contributed by atoms with van der Waals surface area (Å²) in [6.07, 6.45) is 0. The number of nitrogens with one attached hydrogen (secondary N) is 3. The summed E-state index contributed by atoms with van der Waals surface area (Å²) in [5.41, 5.74) is 3.04. The molecular weight excluding hydrogens is 336 g/mol. The van der Waals surface area contributed by atoms with Gasteiger partial charge in [0.05, 0.1) is 21.8 Å². The molecule has 0 radical (unpaired) electrons. The van der Waals surface area contributed by atoms with Crippen molar-refractivity contribution in [1.29, 1.82) is 0 Å². The summed E-state index contributed by atoms with van der Waals surface area (Å²) in [5.74, 6) is -0.318. The van der Waals surface area contributed by atoms with Crippen LogP contribution in [0, 0.1) is 6.92 Å². The molecule has 0 aliphatic heterocycles. The van der Waals surface area contributed by atoms with Crippen LogP contribution in [0.15, 0.2) is 42.5 Å². The largest absolute Gasteiger partial charge is 0.376 e. The predicted molar refractivity (Wildman–Crippen MR) is 101 cm³/mol. The van der Waals surface area contributed by atoms with Gasteiger partial charge in [-0.2, -0.15) is 0 Å². The van der Waals surface area contributed by atoms with Crippen molar-refractivity contribution >= 4 is 44.7 Å². The lowest BCUT2D eigenvalue weighted by molar-refractivity contribution is -0.114. The zero-order valence-electron chi connectivity index (χ0n) is 13.9. The third kappa shape index (κ3) is 4.13. The van der Waals surface area contributed by atoms with Crippen LogP contribution >= 0.6 is 11.3 Å². The third-order valence-corrected chi connectivity index (χ3v) is 4.54. The fraction of sp³-hybridized carbons (Fsp3) is 0.167. The quantitative estimate of drug-likeness (QED) is 0.658. The number of rotatable bonds is 5. The number of hydrogen-bond donors (Lipinski definition) is 3. The first-order chi connectivity index (χ1) is 12.0. The first kappa shape index (κ1) is 16.9. The van der Waals surface area contributed by atoms with E-state index in [1.54, 1.807) is 42.6 Å². The van der Waals surface area contributed by atoms with Crippen LogP contribution in [0.2, 0.25) is 0 Å². The first-order valence-electron chi connectivity index (χ1n) is 7.78. The molecule has 0 saturated carbocycles. The molecule has 0 aliphatic rings. The highest BCUT2D eigenvalue weighted by atomic mass is 32.1. The number of benzene rings is 2. The Morgan fingerprint density at radius 1 is 1.08 bits per heavy atom. The van der Waals surface area contributed by atoms with Gasteiger partial charge in [-0.25, -0.2) is 4.98 Å². The van der Waals surface area contributed by atoms with Gasteiger partial charge in [-0.15, -0.1) is 11.3 Å². The topological polar surface area (TPSA) is 83.1 Å². The van der Waals surface area contributed by atoms with Crippen LogP contribution in [0.5, 0.6) is 0 Å². The van der Waals surface area contributed by atoms with E-state index >= 15 is 0 Å². The maximum atomic E-state index is 12.1. The van der Waals surface area contributed by atoms with Crippen LogP contribution < -0.4 is 16.0 Å². The normalized spacial score (nSPS) is 10.5. The minimum Gasteiger partial charge on any atom is -0.376 e. The molecule has 3 aromatic rings. The van der Waals surface area contributed by atoms with E-state index in [2.05, 4.69) is 20.9 Å². The van der Waals surface area contributed by atoms with Crippen molar-refractivity contribution < 1.29 is 9.59 Å². The van der Waals surface area contributed by atoms with Gasteiger partial charge in [0, 0.05) is 24.0 Å². The lowest BCUT2D eigenvalue weighted by Crippen LogP contribution is -2.22. The number of nitrogens with zero attached hydrogens (tertiary/aromatic N) is 1. The van der Waals surface area contributed by atoms with E-state index in [9.17, 15) is 9.59 Å². The van der Waals surface area contributed by atoms with E-state index in [0.29, 0.717) is 11.3 Å². The van der Waals surface area contributed by atoms with Gasteiger partial charge in [-0.3, -0.25) is 9.59 Å². The number of fused-ring (bicyclic) bond motifs is 1. The number of carbonyl (C=O) groups excluding carboxylic acids is 2. The highest BCUT2D eigenvalue weighted by Gasteiger charge is 2.06. The summed E-state index contributed by atoms with van der Waals surface area (Å²) < 4.78 is 1.09. The van der Waals surface area contributed by atoms with E-state index in [1.165, 1.54) is 0 Å². The summed E-state index contributed by atoms with van der Waals surface area (Å²) in [7, 11) is 1.58. The monoisotopic (exact) mass is 354 g/mol. The third-order valence-electron chi connectivity index (χ3n) is 3.61. The van der Waals surface area contributed by atoms with Crippen LogP contribution in [0.4, 0.5) is 11.4 Å². The number of carbonyl (C=O) groups is 2. The molecule has 7 heteroatoms. The molecule has 2 amide bonds. The number of amides is 2. The number of aromatic nitrogens is 1. The lowest BCUT2D eigenvalue weighted by atomic mass is 10.2. The van der Waals surface area contributed by atoms with Gasteiger partial charge in [0.2, 0.25) is 5.91 Å². The van der Waals surface area contributed by atoms with Gasteiger partial charge >= 0.3 is 0 Å². The van der Waals surface area contributed by atoms with Crippen LogP contribution in [0.1, 0.15) is 15.4 Å².